The van der Waals surface area contributed by atoms with Gasteiger partial charge < -0.3 is 10.0 Å². The lowest BCUT2D eigenvalue weighted by Gasteiger charge is -2.39. The third-order valence-electron chi connectivity index (χ3n) is 4.45. The summed E-state index contributed by atoms with van der Waals surface area (Å²) in [6.07, 6.45) is 6.59. The number of carbonyl (C=O) groups is 1. The molecule has 0 atom stereocenters. The molecule has 2 aliphatic rings. The highest BCUT2D eigenvalue weighted by atomic mass is 16.3. The molecule has 0 aliphatic carbocycles. The van der Waals surface area contributed by atoms with Crippen molar-refractivity contribution in [2.75, 3.05) is 18.2 Å². The van der Waals surface area contributed by atoms with Gasteiger partial charge in [0.1, 0.15) is 6.67 Å². The van der Waals surface area contributed by atoms with E-state index in [2.05, 4.69) is 16.8 Å². The average molecular weight is 336 g/mol. The van der Waals surface area contributed by atoms with Gasteiger partial charge in [-0.15, -0.1) is 5.92 Å². The van der Waals surface area contributed by atoms with Crippen LogP contribution in [0.2, 0.25) is 0 Å². The predicted molar refractivity (Wildman–Crippen MR) is 90.5 cm³/mol. The molecule has 0 saturated carbocycles. The first-order valence-electron chi connectivity index (χ1n) is 8.02. The third kappa shape index (κ3) is 2.62. The topological polar surface area (TPSA) is 78.7 Å². The molecule has 0 spiro atoms. The number of aromatic nitrogens is 2. The van der Waals surface area contributed by atoms with E-state index in [-0.39, 0.29) is 12.2 Å². The molecule has 0 fully saturated rings. The fourth-order valence-corrected chi connectivity index (χ4v) is 3.15. The van der Waals surface area contributed by atoms with Gasteiger partial charge in [-0.2, -0.15) is 0 Å². The highest BCUT2D eigenvalue weighted by Crippen LogP contribution is 2.22. The van der Waals surface area contributed by atoms with Crippen LogP contribution in [0.25, 0.3) is 0 Å². The number of pyridine rings is 2. The Kier molecular flexibility index (Phi) is 3.65. The lowest BCUT2D eigenvalue weighted by Crippen LogP contribution is -2.53. The molecule has 0 radical (unpaired) electrons. The minimum absolute atomic E-state index is 0.0181. The van der Waals surface area contributed by atoms with E-state index in [9.17, 15) is 14.7 Å². The lowest BCUT2D eigenvalue weighted by atomic mass is 10.1. The van der Waals surface area contributed by atoms with Gasteiger partial charge >= 0.3 is 0 Å². The van der Waals surface area contributed by atoms with Gasteiger partial charge in [0.25, 0.3) is 5.91 Å². The molecule has 1 N–H and O–H groups in total. The molecule has 126 valence electrons. The van der Waals surface area contributed by atoms with Crippen molar-refractivity contribution < 1.29 is 9.90 Å². The summed E-state index contributed by atoms with van der Waals surface area (Å²) < 4.78 is 1.56. The van der Waals surface area contributed by atoms with Crippen LogP contribution >= 0.6 is 0 Å². The van der Waals surface area contributed by atoms with Crippen molar-refractivity contribution in [2.45, 2.75) is 19.4 Å². The summed E-state index contributed by atoms with van der Waals surface area (Å²) in [6.45, 7) is 1.11. The van der Waals surface area contributed by atoms with Crippen LogP contribution in [-0.4, -0.2) is 38.8 Å². The van der Waals surface area contributed by atoms with E-state index >= 15 is 0 Å². The van der Waals surface area contributed by atoms with E-state index in [1.807, 2.05) is 17.3 Å². The SMILES string of the molecule is O=C1c2c(O)c(=O)ccn2N2Cc3ccncc3CCC#CCN1C2. The van der Waals surface area contributed by atoms with Crippen molar-refractivity contribution >= 4 is 5.91 Å². The van der Waals surface area contributed by atoms with Gasteiger partial charge in [0.15, 0.2) is 11.4 Å². The van der Waals surface area contributed by atoms with Crippen LogP contribution in [0.1, 0.15) is 28.0 Å². The standard InChI is InChI=1S/C18H16N4O3/c23-15-6-9-22-16(17(15)24)18(25)20-8-3-1-2-4-13-10-19-7-5-14(13)11-21(22)12-20/h5-7,9-10,24H,2,4,8,11-12H2. The van der Waals surface area contributed by atoms with E-state index in [1.165, 1.54) is 17.2 Å². The van der Waals surface area contributed by atoms with Crippen LogP contribution in [0.4, 0.5) is 0 Å². The van der Waals surface area contributed by atoms with Crippen LogP contribution in [0, 0.1) is 11.8 Å². The number of hydrogen-bond donors (Lipinski definition) is 1. The van der Waals surface area contributed by atoms with E-state index in [0.717, 1.165) is 17.5 Å². The van der Waals surface area contributed by atoms with E-state index < -0.39 is 17.1 Å². The molecule has 2 aromatic heterocycles. The summed E-state index contributed by atoms with van der Waals surface area (Å²) in [4.78, 5) is 30.2. The minimum Gasteiger partial charge on any atom is -0.502 e. The number of nitrogens with zero attached hydrogens (tertiary/aromatic N) is 4. The van der Waals surface area contributed by atoms with Gasteiger partial charge in [-0.05, 0) is 23.6 Å². The number of fused-ring (bicyclic) bond motifs is 5. The van der Waals surface area contributed by atoms with Crippen molar-refractivity contribution in [1.29, 1.82) is 0 Å². The summed E-state index contributed by atoms with van der Waals surface area (Å²) in [6, 6.07) is 3.21. The summed E-state index contributed by atoms with van der Waals surface area (Å²) >= 11 is 0. The molecular weight excluding hydrogens is 320 g/mol. The Hall–Kier alpha value is -3.27. The number of aryl methyl sites for hydroxylation is 1. The number of amides is 1. The van der Waals surface area contributed by atoms with Gasteiger partial charge in [-0.25, -0.2) is 0 Å². The van der Waals surface area contributed by atoms with Crippen molar-refractivity contribution in [3.05, 3.63) is 57.8 Å². The molecule has 7 heteroatoms. The normalized spacial score (nSPS) is 16.2. The second-order valence-electron chi connectivity index (χ2n) is 6.03. The zero-order valence-electron chi connectivity index (χ0n) is 13.5. The van der Waals surface area contributed by atoms with Crippen molar-refractivity contribution in [3.8, 4) is 17.6 Å². The Labute approximate surface area is 144 Å². The first-order valence-corrected chi connectivity index (χ1v) is 8.02. The largest absolute Gasteiger partial charge is 0.502 e. The molecule has 2 bridgehead atoms. The summed E-state index contributed by atoms with van der Waals surface area (Å²) in [5.41, 5.74) is 1.60. The van der Waals surface area contributed by atoms with Crippen molar-refractivity contribution in [2.24, 2.45) is 0 Å². The number of aromatic hydroxyl groups is 1. The van der Waals surface area contributed by atoms with Gasteiger partial charge in [-0.3, -0.25) is 24.3 Å². The van der Waals surface area contributed by atoms with E-state index in [4.69, 9.17) is 0 Å². The zero-order chi connectivity index (χ0) is 17.4. The maximum absolute atomic E-state index is 12.7. The van der Waals surface area contributed by atoms with Gasteiger partial charge in [-0.1, -0.05) is 5.92 Å². The highest BCUT2D eigenvalue weighted by molar-refractivity contribution is 5.96. The van der Waals surface area contributed by atoms with Crippen LogP contribution in [0.15, 0.2) is 35.5 Å². The van der Waals surface area contributed by atoms with Crippen LogP contribution in [0.5, 0.6) is 5.75 Å². The Morgan fingerprint density at radius 2 is 2.04 bits per heavy atom. The molecule has 0 aromatic carbocycles. The Bertz CT molecular complexity index is 970. The molecule has 1 amide bonds. The number of carbonyl (C=O) groups excluding carboxylic acids is 1. The minimum atomic E-state index is -0.568. The first-order chi connectivity index (χ1) is 12.1. The van der Waals surface area contributed by atoms with Gasteiger partial charge in [0.2, 0.25) is 5.43 Å². The second-order valence-corrected chi connectivity index (χ2v) is 6.03. The molecule has 2 aliphatic heterocycles. The number of rotatable bonds is 0. The number of hydrogen-bond acceptors (Lipinski definition) is 5. The Morgan fingerprint density at radius 1 is 1.16 bits per heavy atom. The van der Waals surface area contributed by atoms with E-state index in [0.29, 0.717) is 19.6 Å². The predicted octanol–water partition coefficient (Wildman–Crippen LogP) is 0.450. The van der Waals surface area contributed by atoms with Gasteiger partial charge in [0.05, 0.1) is 13.1 Å². The van der Waals surface area contributed by atoms with Crippen molar-refractivity contribution in [1.82, 2.24) is 14.6 Å². The van der Waals surface area contributed by atoms with E-state index in [1.54, 1.807) is 10.9 Å². The van der Waals surface area contributed by atoms with Gasteiger partial charge in [0, 0.05) is 31.1 Å². The fourth-order valence-electron chi connectivity index (χ4n) is 3.15. The molecular formula is C18H16N4O3. The molecule has 0 unspecified atom stereocenters. The molecule has 25 heavy (non-hydrogen) atoms. The maximum Gasteiger partial charge on any atom is 0.278 e. The lowest BCUT2D eigenvalue weighted by molar-refractivity contribution is 0.0710. The molecule has 4 heterocycles. The second kappa shape index (κ2) is 5.98. The summed E-state index contributed by atoms with van der Waals surface area (Å²) in [5.74, 6) is 5.16. The van der Waals surface area contributed by atoms with Crippen molar-refractivity contribution in [3.63, 3.8) is 0 Å². The third-order valence-corrected chi connectivity index (χ3v) is 4.45. The highest BCUT2D eigenvalue weighted by Gasteiger charge is 2.32. The average Bonchev–Trinajstić information content (AvgIpc) is 2.65. The molecule has 7 nitrogen and oxygen atoms in total. The Balaban J connectivity index is 1.87. The Morgan fingerprint density at radius 3 is 2.92 bits per heavy atom. The molecule has 2 aromatic rings. The summed E-state index contributed by atoms with van der Waals surface area (Å²) in [5, 5.41) is 12.1. The fraction of sp³-hybridized carbons (Fsp3) is 0.278. The van der Waals surface area contributed by atoms with Crippen LogP contribution < -0.4 is 10.4 Å². The van der Waals surface area contributed by atoms with Crippen LogP contribution in [0.3, 0.4) is 0 Å². The zero-order valence-corrected chi connectivity index (χ0v) is 13.5. The summed E-state index contributed by atoms with van der Waals surface area (Å²) in [7, 11) is 0. The smallest absolute Gasteiger partial charge is 0.278 e. The quantitative estimate of drug-likeness (QED) is 0.707. The molecule has 4 rings (SSSR count). The monoisotopic (exact) mass is 336 g/mol. The maximum atomic E-state index is 12.7. The first kappa shape index (κ1) is 15.3. The molecule has 0 saturated heterocycles. The van der Waals surface area contributed by atoms with Crippen LogP contribution in [-0.2, 0) is 13.0 Å².